The molecular weight excluding hydrogens is 246 g/mol. The summed E-state index contributed by atoms with van der Waals surface area (Å²) in [6, 6.07) is 10.2. The van der Waals surface area contributed by atoms with E-state index in [2.05, 4.69) is 27.6 Å². The van der Waals surface area contributed by atoms with Crippen LogP contribution < -0.4 is 5.32 Å². The van der Waals surface area contributed by atoms with Crippen LogP contribution in [0.4, 0.5) is 5.13 Å². The molecule has 0 unspecified atom stereocenters. The molecule has 4 nitrogen and oxygen atoms in total. The number of hydrogen-bond acceptors (Lipinski definition) is 4. The molecule has 0 spiro atoms. The number of amides is 1. The van der Waals surface area contributed by atoms with Crippen LogP contribution in [0.3, 0.4) is 0 Å². The zero-order valence-corrected chi connectivity index (χ0v) is 11.0. The Morgan fingerprint density at radius 2 is 2.06 bits per heavy atom. The maximum atomic E-state index is 11.6. The molecular formula is C13H15N3OS. The van der Waals surface area contributed by atoms with Crippen molar-refractivity contribution in [2.75, 3.05) is 5.32 Å². The van der Waals surface area contributed by atoms with Gasteiger partial charge in [0, 0.05) is 6.42 Å². The van der Waals surface area contributed by atoms with Crippen molar-refractivity contribution in [3.8, 4) is 0 Å². The van der Waals surface area contributed by atoms with Gasteiger partial charge < -0.3 is 5.32 Å². The van der Waals surface area contributed by atoms with Crippen molar-refractivity contribution in [3.63, 3.8) is 0 Å². The van der Waals surface area contributed by atoms with Gasteiger partial charge in [-0.3, -0.25) is 4.79 Å². The molecule has 2 aromatic rings. The first-order valence-corrected chi connectivity index (χ1v) is 6.69. The molecule has 1 amide bonds. The second kappa shape index (κ2) is 6.26. The number of benzene rings is 1. The standard InChI is InChI=1S/C13H15N3OS/c1-10-15-16-13(18-10)14-12(17)9-5-8-11-6-3-2-4-7-11/h2-4,6-7H,5,8-9H2,1H3,(H,14,16,17). The Morgan fingerprint density at radius 3 is 2.72 bits per heavy atom. The van der Waals surface area contributed by atoms with Gasteiger partial charge in [0.1, 0.15) is 5.01 Å². The third kappa shape index (κ3) is 3.92. The molecule has 5 heteroatoms. The normalized spacial score (nSPS) is 10.3. The van der Waals surface area contributed by atoms with Crippen LogP contribution >= 0.6 is 11.3 Å². The first-order chi connectivity index (χ1) is 8.74. The monoisotopic (exact) mass is 261 g/mol. The number of hydrogen-bond donors (Lipinski definition) is 1. The number of aromatic nitrogens is 2. The minimum absolute atomic E-state index is 0.00193. The summed E-state index contributed by atoms with van der Waals surface area (Å²) in [5.74, 6) is 0.00193. The quantitative estimate of drug-likeness (QED) is 0.900. The van der Waals surface area contributed by atoms with E-state index in [0.29, 0.717) is 11.6 Å². The molecule has 0 fully saturated rings. The Hall–Kier alpha value is -1.75. The van der Waals surface area contributed by atoms with Crippen LogP contribution in [0.2, 0.25) is 0 Å². The fraction of sp³-hybridized carbons (Fsp3) is 0.308. The Labute approximate surface area is 110 Å². The SMILES string of the molecule is Cc1nnc(NC(=O)CCCc2ccccc2)s1. The number of nitrogens with zero attached hydrogens (tertiary/aromatic N) is 2. The average Bonchev–Trinajstić information content (AvgIpc) is 2.76. The minimum Gasteiger partial charge on any atom is -0.301 e. The molecule has 2 rings (SSSR count). The zero-order valence-electron chi connectivity index (χ0n) is 10.2. The molecule has 0 atom stereocenters. The van der Waals surface area contributed by atoms with Gasteiger partial charge in [0.15, 0.2) is 0 Å². The minimum atomic E-state index is 0.00193. The molecule has 0 bridgehead atoms. The van der Waals surface area contributed by atoms with Crippen LogP contribution in [-0.4, -0.2) is 16.1 Å². The first-order valence-electron chi connectivity index (χ1n) is 5.88. The Morgan fingerprint density at radius 1 is 1.28 bits per heavy atom. The number of anilines is 1. The number of nitrogens with one attached hydrogen (secondary N) is 1. The summed E-state index contributed by atoms with van der Waals surface area (Å²) in [5.41, 5.74) is 1.26. The molecule has 0 aliphatic carbocycles. The fourth-order valence-electron chi connectivity index (χ4n) is 1.63. The summed E-state index contributed by atoms with van der Waals surface area (Å²) in [5, 5.41) is 11.9. The second-order valence-electron chi connectivity index (χ2n) is 4.01. The van der Waals surface area contributed by atoms with Gasteiger partial charge in [-0.2, -0.15) is 0 Å². The average molecular weight is 261 g/mol. The lowest BCUT2D eigenvalue weighted by Gasteiger charge is -2.01. The maximum Gasteiger partial charge on any atom is 0.226 e. The van der Waals surface area contributed by atoms with E-state index < -0.39 is 0 Å². The van der Waals surface area contributed by atoms with Gasteiger partial charge in [0.25, 0.3) is 0 Å². The van der Waals surface area contributed by atoms with Crippen LogP contribution in [0.1, 0.15) is 23.4 Å². The summed E-state index contributed by atoms with van der Waals surface area (Å²) in [6.07, 6.45) is 2.27. The summed E-state index contributed by atoms with van der Waals surface area (Å²) in [7, 11) is 0. The molecule has 1 heterocycles. The van der Waals surface area contributed by atoms with Crippen molar-refractivity contribution in [2.45, 2.75) is 26.2 Å². The van der Waals surface area contributed by atoms with Gasteiger partial charge in [-0.1, -0.05) is 41.7 Å². The lowest BCUT2D eigenvalue weighted by atomic mass is 10.1. The summed E-state index contributed by atoms with van der Waals surface area (Å²) in [6.45, 7) is 1.86. The van der Waals surface area contributed by atoms with Crippen LogP contribution in [0.5, 0.6) is 0 Å². The van der Waals surface area contributed by atoms with E-state index in [1.165, 1.54) is 16.9 Å². The highest BCUT2D eigenvalue weighted by atomic mass is 32.1. The van der Waals surface area contributed by atoms with E-state index in [0.717, 1.165) is 17.8 Å². The van der Waals surface area contributed by atoms with Gasteiger partial charge >= 0.3 is 0 Å². The van der Waals surface area contributed by atoms with E-state index in [-0.39, 0.29) is 5.91 Å². The van der Waals surface area contributed by atoms with Gasteiger partial charge in [-0.25, -0.2) is 0 Å². The number of carbonyl (C=O) groups is 1. The Kier molecular flexibility index (Phi) is 4.41. The number of rotatable bonds is 5. The topological polar surface area (TPSA) is 54.9 Å². The van der Waals surface area contributed by atoms with Crippen molar-refractivity contribution in [1.29, 1.82) is 0 Å². The fourth-order valence-corrected chi connectivity index (χ4v) is 2.23. The van der Waals surface area contributed by atoms with Crippen LogP contribution in [0.25, 0.3) is 0 Å². The lowest BCUT2D eigenvalue weighted by molar-refractivity contribution is -0.116. The summed E-state index contributed by atoms with van der Waals surface area (Å²) >= 11 is 1.39. The first kappa shape index (κ1) is 12.7. The van der Waals surface area contributed by atoms with E-state index in [9.17, 15) is 4.79 Å². The van der Waals surface area contributed by atoms with Crippen molar-refractivity contribution >= 4 is 22.4 Å². The highest BCUT2D eigenvalue weighted by Crippen LogP contribution is 2.14. The molecule has 1 aromatic carbocycles. The Balaban J connectivity index is 1.72. The van der Waals surface area contributed by atoms with Crippen molar-refractivity contribution in [3.05, 3.63) is 40.9 Å². The van der Waals surface area contributed by atoms with Gasteiger partial charge in [-0.15, -0.1) is 10.2 Å². The van der Waals surface area contributed by atoms with Crippen LogP contribution in [-0.2, 0) is 11.2 Å². The van der Waals surface area contributed by atoms with E-state index in [1.54, 1.807) is 0 Å². The molecule has 1 aromatic heterocycles. The van der Waals surface area contributed by atoms with Crippen molar-refractivity contribution in [1.82, 2.24) is 10.2 Å². The predicted molar refractivity (Wildman–Crippen MR) is 72.7 cm³/mol. The predicted octanol–water partition coefficient (Wildman–Crippen LogP) is 2.81. The molecule has 0 saturated carbocycles. The molecule has 1 N–H and O–H groups in total. The molecule has 0 radical (unpaired) electrons. The lowest BCUT2D eigenvalue weighted by Crippen LogP contribution is -2.11. The third-order valence-electron chi connectivity index (χ3n) is 2.48. The summed E-state index contributed by atoms with van der Waals surface area (Å²) < 4.78 is 0. The second-order valence-corrected chi connectivity index (χ2v) is 5.20. The molecule has 0 aliphatic rings. The van der Waals surface area contributed by atoms with Gasteiger partial charge in [0.2, 0.25) is 11.0 Å². The largest absolute Gasteiger partial charge is 0.301 e. The van der Waals surface area contributed by atoms with E-state index in [1.807, 2.05) is 25.1 Å². The molecule has 94 valence electrons. The molecule has 0 saturated heterocycles. The van der Waals surface area contributed by atoms with E-state index in [4.69, 9.17) is 0 Å². The highest BCUT2D eigenvalue weighted by Gasteiger charge is 2.06. The van der Waals surface area contributed by atoms with Crippen molar-refractivity contribution in [2.24, 2.45) is 0 Å². The smallest absolute Gasteiger partial charge is 0.226 e. The number of carbonyl (C=O) groups excluding carboxylic acids is 1. The van der Waals surface area contributed by atoms with Gasteiger partial charge in [-0.05, 0) is 25.3 Å². The zero-order chi connectivity index (χ0) is 12.8. The summed E-state index contributed by atoms with van der Waals surface area (Å²) in [4.78, 5) is 11.6. The molecule has 0 aliphatic heterocycles. The molecule has 18 heavy (non-hydrogen) atoms. The third-order valence-corrected chi connectivity index (χ3v) is 3.24. The van der Waals surface area contributed by atoms with Crippen LogP contribution in [0, 0.1) is 6.92 Å². The van der Waals surface area contributed by atoms with Crippen LogP contribution in [0.15, 0.2) is 30.3 Å². The highest BCUT2D eigenvalue weighted by molar-refractivity contribution is 7.15. The Bertz CT molecular complexity index is 510. The van der Waals surface area contributed by atoms with E-state index >= 15 is 0 Å². The van der Waals surface area contributed by atoms with Crippen molar-refractivity contribution < 1.29 is 4.79 Å². The maximum absolute atomic E-state index is 11.6. The van der Waals surface area contributed by atoms with Gasteiger partial charge in [0.05, 0.1) is 0 Å². The number of aryl methyl sites for hydroxylation is 2.